The second-order valence-corrected chi connectivity index (χ2v) is 6.46. The topological polar surface area (TPSA) is 57.1 Å². The third kappa shape index (κ3) is 3.00. The molecular formula is C17H22N4S. The number of aromatic nitrogens is 1. The molecule has 2 heterocycles. The summed E-state index contributed by atoms with van der Waals surface area (Å²) in [5.41, 5.74) is 10.3. The summed E-state index contributed by atoms with van der Waals surface area (Å²) in [6, 6.07) is 6.75. The Morgan fingerprint density at radius 2 is 2.23 bits per heavy atom. The van der Waals surface area contributed by atoms with Gasteiger partial charge in [-0.2, -0.15) is 0 Å². The molecule has 0 spiro atoms. The number of anilines is 1. The fraction of sp³-hybridized carbons (Fsp3) is 0.353. The Bertz CT molecular complexity index is 729. The fourth-order valence-corrected chi connectivity index (χ4v) is 3.12. The van der Waals surface area contributed by atoms with Gasteiger partial charge in [0, 0.05) is 47.5 Å². The molecule has 4 nitrogen and oxygen atoms in total. The summed E-state index contributed by atoms with van der Waals surface area (Å²) >= 11 is 4.92. The lowest BCUT2D eigenvalue weighted by Gasteiger charge is -2.29. The van der Waals surface area contributed by atoms with Gasteiger partial charge in [0.15, 0.2) is 5.11 Å². The number of nitrogens with two attached hydrogens (primary N) is 1. The molecule has 1 aliphatic rings. The Morgan fingerprint density at radius 1 is 1.41 bits per heavy atom. The second kappa shape index (κ2) is 6.10. The van der Waals surface area contributed by atoms with E-state index in [9.17, 15) is 0 Å². The van der Waals surface area contributed by atoms with Gasteiger partial charge in [0.2, 0.25) is 0 Å². The largest absolute Gasteiger partial charge is 0.376 e. The van der Waals surface area contributed by atoms with Crippen molar-refractivity contribution in [2.45, 2.75) is 26.3 Å². The maximum atomic E-state index is 5.56. The summed E-state index contributed by atoms with van der Waals surface area (Å²) in [6.45, 7) is 6.63. The number of nitrogens with one attached hydrogen (secondary N) is 2. The van der Waals surface area contributed by atoms with Crippen LogP contribution in [0.5, 0.6) is 0 Å². The quantitative estimate of drug-likeness (QED) is 0.761. The first-order chi connectivity index (χ1) is 10.5. The van der Waals surface area contributed by atoms with Crippen LogP contribution in [-0.2, 0) is 0 Å². The van der Waals surface area contributed by atoms with Crippen molar-refractivity contribution in [1.82, 2.24) is 9.88 Å². The molecule has 0 amide bonds. The Hall–Kier alpha value is -1.85. The van der Waals surface area contributed by atoms with Crippen molar-refractivity contribution in [3.8, 4) is 0 Å². The molecule has 0 saturated heterocycles. The number of fused-ring (bicyclic) bond motifs is 1. The lowest BCUT2D eigenvalue weighted by atomic mass is 9.98. The first-order valence-corrected chi connectivity index (χ1v) is 8.06. The highest BCUT2D eigenvalue weighted by atomic mass is 32.1. The number of nitrogens with zero attached hydrogens (tertiary/aromatic N) is 1. The molecule has 3 rings (SSSR count). The number of aromatic amines is 1. The standard InChI is InChI=1S/C17H22N4S/c1-11(2)21-7-5-12(6-8-21)15-10-19-16-4-3-13(9-14(15)16)20-17(18)22/h3-5,9-11,19H,6-8H2,1-2H3,(H3,18,20,22). The Labute approximate surface area is 136 Å². The summed E-state index contributed by atoms with van der Waals surface area (Å²) in [5, 5.41) is 4.51. The van der Waals surface area contributed by atoms with Gasteiger partial charge in [-0.3, -0.25) is 4.90 Å². The van der Waals surface area contributed by atoms with Gasteiger partial charge >= 0.3 is 0 Å². The number of benzene rings is 1. The minimum atomic E-state index is 0.292. The van der Waals surface area contributed by atoms with Crippen molar-refractivity contribution in [2.24, 2.45) is 5.73 Å². The molecule has 0 atom stereocenters. The van der Waals surface area contributed by atoms with Crippen molar-refractivity contribution < 1.29 is 0 Å². The molecule has 0 radical (unpaired) electrons. The summed E-state index contributed by atoms with van der Waals surface area (Å²) in [6.07, 6.45) is 5.53. The average molecular weight is 314 g/mol. The Kier molecular flexibility index (Phi) is 4.18. The predicted octanol–water partition coefficient (Wildman–Crippen LogP) is 3.32. The molecule has 5 heteroatoms. The Balaban J connectivity index is 1.92. The number of H-pyrrole nitrogens is 1. The number of hydrogen-bond donors (Lipinski definition) is 3. The lowest BCUT2D eigenvalue weighted by Crippen LogP contribution is -2.34. The lowest BCUT2D eigenvalue weighted by molar-refractivity contribution is 0.245. The van der Waals surface area contributed by atoms with E-state index in [4.69, 9.17) is 18.0 Å². The van der Waals surface area contributed by atoms with Gasteiger partial charge in [-0.1, -0.05) is 6.08 Å². The van der Waals surface area contributed by atoms with E-state index >= 15 is 0 Å². The molecule has 116 valence electrons. The second-order valence-electron chi connectivity index (χ2n) is 6.02. The zero-order valence-electron chi connectivity index (χ0n) is 13.0. The van der Waals surface area contributed by atoms with E-state index < -0.39 is 0 Å². The third-order valence-corrected chi connectivity index (χ3v) is 4.37. The van der Waals surface area contributed by atoms with Gasteiger partial charge in [0.05, 0.1) is 0 Å². The van der Waals surface area contributed by atoms with Crippen LogP contribution in [-0.4, -0.2) is 34.1 Å². The number of hydrogen-bond acceptors (Lipinski definition) is 2. The van der Waals surface area contributed by atoms with Crippen LogP contribution in [0.1, 0.15) is 25.8 Å². The van der Waals surface area contributed by atoms with E-state index in [2.05, 4.69) is 53.5 Å². The van der Waals surface area contributed by atoms with Crippen LogP contribution < -0.4 is 11.1 Å². The minimum absolute atomic E-state index is 0.292. The number of rotatable bonds is 3. The van der Waals surface area contributed by atoms with E-state index in [1.165, 1.54) is 16.5 Å². The maximum Gasteiger partial charge on any atom is 0.168 e. The van der Waals surface area contributed by atoms with Crippen LogP contribution in [0.2, 0.25) is 0 Å². The molecule has 4 N–H and O–H groups in total. The van der Waals surface area contributed by atoms with Crippen LogP contribution in [0.4, 0.5) is 5.69 Å². The first kappa shape index (κ1) is 15.1. The van der Waals surface area contributed by atoms with Crippen molar-refractivity contribution in [3.63, 3.8) is 0 Å². The average Bonchev–Trinajstić information content (AvgIpc) is 2.90. The van der Waals surface area contributed by atoms with Gasteiger partial charge in [0.25, 0.3) is 0 Å². The molecule has 0 fully saturated rings. The minimum Gasteiger partial charge on any atom is -0.376 e. The molecule has 0 saturated carbocycles. The molecule has 1 aliphatic heterocycles. The molecule has 0 bridgehead atoms. The zero-order chi connectivity index (χ0) is 15.7. The van der Waals surface area contributed by atoms with E-state index in [0.29, 0.717) is 11.2 Å². The highest BCUT2D eigenvalue weighted by Crippen LogP contribution is 2.31. The van der Waals surface area contributed by atoms with Crippen molar-refractivity contribution in [1.29, 1.82) is 0 Å². The molecule has 1 aromatic heterocycles. The van der Waals surface area contributed by atoms with E-state index in [-0.39, 0.29) is 0 Å². The predicted molar refractivity (Wildman–Crippen MR) is 98.0 cm³/mol. The summed E-state index contributed by atoms with van der Waals surface area (Å²) in [4.78, 5) is 5.84. The van der Waals surface area contributed by atoms with Crippen LogP contribution in [0.15, 0.2) is 30.5 Å². The molecule has 0 unspecified atom stereocenters. The molecular weight excluding hydrogens is 292 g/mol. The number of thiocarbonyl (C=S) groups is 1. The van der Waals surface area contributed by atoms with Gasteiger partial charge in [0.1, 0.15) is 0 Å². The monoisotopic (exact) mass is 314 g/mol. The molecule has 0 aliphatic carbocycles. The summed E-state index contributed by atoms with van der Waals surface area (Å²) in [7, 11) is 0. The highest BCUT2D eigenvalue weighted by Gasteiger charge is 2.17. The van der Waals surface area contributed by atoms with Gasteiger partial charge in [-0.05, 0) is 56.3 Å². The van der Waals surface area contributed by atoms with Crippen LogP contribution in [0.3, 0.4) is 0 Å². The van der Waals surface area contributed by atoms with Gasteiger partial charge < -0.3 is 16.0 Å². The highest BCUT2D eigenvalue weighted by molar-refractivity contribution is 7.80. The molecule has 2 aromatic rings. The zero-order valence-corrected chi connectivity index (χ0v) is 13.8. The summed E-state index contributed by atoms with van der Waals surface area (Å²) < 4.78 is 0. The third-order valence-electron chi connectivity index (χ3n) is 4.27. The van der Waals surface area contributed by atoms with Crippen molar-refractivity contribution in [2.75, 3.05) is 18.4 Å². The summed E-state index contributed by atoms with van der Waals surface area (Å²) in [5.74, 6) is 0. The molecule has 22 heavy (non-hydrogen) atoms. The van der Waals surface area contributed by atoms with Crippen LogP contribution >= 0.6 is 12.2 Å². The molecule has 1 aromatic carbocycles. The van der Waals surface area contributed by atoms with E-state index in [1.807, 2.05) is 6.07 Å². The van der Waals surface area contributed by atoms with Crippen molar-refractivity contribution in [3.05, 3.63) is 36.0 Å². The van der Waals surface area contributed by atoms with Crippen LogP contribution in [0, 0.1) is 0 Å². The normalized spacial score (nSPS) is 16.0. The fourth-order valence-electron chi connectivity index (χ4n) is 3.00. The van der Waals surface area contributed by atoms with Crippen molar-refractivity contribution >= 4 is 39.5 Å². The van der Waals surface area contributed by atoms with Gasteiger partial charge in [-0.25, -0.2) is 0 Å². The Morgan fingerprint density at radius 3 is 2.86 bits per heavy atom. The maximum absolute atomic E-state index is 5.56. The SMILES string of the molecule is CC(C)N1CC=C(c2c[nH]c3ccc(NC(N)=S)cc23)CC1. The van der Waals surface area contributed by atoms with Crippen LogP contribution in [0.25, 0.3) is 16.5 Å². The smallest absolute Gasteiger partial charge is 0.168 e. The first-order valence-electron chi connectivity index (χ1n) is 7.65. The van der Waals surface area contributed by atoms with E-state index in [1.54, 1.807) is 0 Å². The van der Waals surface area contributed by atoms with Gasteiger partial charge in [-0.15, -0.1) is 0 Å². The van der Waals surface area contributed by atoms with E-state index in [0.717, 1.165) is 30.7 Å².